The highest BCUT2D eigenvalue weighted by atomic mass is 16.5. The fourth-order valence-electron chi connectivity index (χ4n) is 4.43. The standard InChI is InChI=1S/C24H32N2O2/c1-25-14-15-26(18-21(25)16-19-8-4-3-5-9-19)20-12-13-23(27-2)24(17-20)28-22-10-6-7-11-22/h3-5,8-9,12-13,17,21-22H,6-7,10-11,14-16,18H2,1-2H3. The average molecular weight is 381 g/mol. The number of hydrogen-bond acceptors (Lipinski definition) is 4. The summed E-state index contributed by atoms with van der Waals surface area (Å²) >= 11 is 0. The van der Waals surface area contributed by atoms with Crippen molar-refractivity contribution >= 4 is 5.69 Å². The molecule has 0 bridgehead atoms. The van der Waals surface area contributed by atoms with Gasteiger partial charge in [-0.05, 0) is 56.8 Å². The summed E-state index contributed by atoms with van der Waals surface area (Å²) in [7, 11) is 3.97. The van der Waals surface area contributed by atoms with Crippen LogP contribution in [-0.2, 0) is 6.42 Å². The maximum absolute atomic E-state index is 6.31. The summed E-state index contributed by atoms with van der Waals surface area (Å²) in [5.74, 6) is 1.73. The van der Waals surface area contributed by atoms with Crippen LogP contribution in [0.5, 0.6) is 11.5 Å². The van der Waals surface area contributed by atoms with Crippen LogP contribution < -0.4 is 14.4 Å². The Kier molecular flexibility index (Phi) is 6.06. The molecule has 1 aliphatic heterocycles. The lowest BCUT2D eigenvalue weighted by Crippen LogP contribution is -2.52. The van der Waals surface area contributed by atoms with E-state index in [4.69, 9.17) is 9.47 Å². The lowest BCUT2D eigenvalue weighted by Gasteiger charge is -2.41. The van der Waals surface area contributed by atoms with Crippen LogP contribution in [0.25, 0.3) is 0 Å². The Morgan fingerprint density at radius 1 is 0.964 bits per heavy atom. The van der Waals surface area contributed by atoms with E-state index >= 15 is 0 Å². The second-order valence-electron chi connectivity index (χ2n) is 8.13. The molecule has 0 radical (unpaired) electrons. The fourth-order valence-corrected chi connectivity index (χ4v) is 4.43. The maximum Gasteiger partial charge on any atom is 0.163 e. The minimum Gasteiger partial charge on any atom is -0.493 e. The SMILES string of the molecule is COc1ccc(N2CCN(C)C(Cc3ccccc3)C2)cc1OC1CCCC1. The van der Waals surface area contributed by atoms with Crippen molar-refractivity contribution in [2.75, 3.05) is 38.7 Å². The second-order valence-corrected chi connectivity index (χ2v) is 8.13. The highest BCUT2D eigenvalue weighted by Gasteiger charge is 2.26. The molecule has 150 valence electrons. The van der Waals surface area contributed by atoms with E-state index in [1.165, 1.54) is 24.1 Å². The molecule has 28 heavy (non-hydrogen) atoms. The molecule has 1 atom stereocenters. The van der Waals surface area contributed by atoms with Crippen LogP contribution >= 0.6 is 0 Å². The van der Waals surface area contributed by atoms with Gasteiger partial charge in [-0.2, -0.15) is 0 Å². The van der Waals surface area contributed by atoms with Gasteiger partial charge >= 0.3 is 0 Å². The summed E-state index contributed by atoms with van der Waals surface area (Å²) < 4.78 is 11.9. The number of rotatable bonds is 6. The molecule has 4 rings (SSSR count). The van der Waals surface area contributed by atoms with E-state index in [0.29, 0.717) is 12.1 Å². The predicted octanol–water partition coefficient (Wildman–Crippen LogP) is 4.38. The van der Waals surface area contributed by atoms with Crippen LogP contribution in [-0.4, -0.2) is 50.8 Å². The zero-order chi connectivity index (χ0) is 19.3. The van der Waals surface area contributed by atoms with E-state index in [9.17, 15) is 0 Å². The summed E-state index contributed by atoms with van der Waals surface area (Å²) in [5, 5.41) is 0. The summed E-state index contributed by atoms with van der Waals surface area (Å²) in [6.07, 6.45) is 6.26. The molecular formula is C24H32N2O2. The third kappa shape index (κ3) is 4.44. The maximum atomic E-state index is 6.31. The monoisotopic (exact) mass is 380 g/mol. The molecule has 1 aliphatic carbocycles. The zero-order valence-corrected chi connectivity index (χ0v) is 17.1. The Morgan fingerprint density at radius 2 is 1.75 bits per heavy atom. The molecule has 4 heteroatoms. The number of piperazine rings is 1. The van der Waals surface area contributed by atoms with Crippen LogP contribution in [0.1, 0.15) is 31.2 Å². The highest BCUT2D eigenvalue weighted by Crippen LogP contribution is 2.35. The first-order valence-corrected chi connectivity index (χ1v) is 10.6. The summed E-state index contributed by atoms with van der Waals surface area (Å²) in [6, 6.07) is 17.7. The molecule has 4 nitrogen and oxygen atoms in total. The van der Waals surface area contributed by atoms with Crippen molar-refractivity contribution in [3.05, 3.63) is 54.1 Å². The molecule has 1 unspecified atom stereocenters. The van der Waals surface area contributed by atoms with Gasteiger partial charge in [0.2, 0.25) is 0 Å². The molecule has 1 saturated heterocycles. The first-order chi connectivity index (χ1) is 13.7. The van der Waals surface area contributed by atoms with Gasteiger partial charge in [-0.3, -0.25) is 4.90 Å². The Morgan fingerprint density at radius 3 is 2.50 bits per heavy atom. The molecule has 1 heterocycles. The molecule has 0 spiro atoms. The minimum absolute atomic E-state index is 0.336. The van der Waals surface area contributed by atoms with Crippen molar-refractivity contribution in [2.45, 2.75) is 44.2 Å². The third-order valence-corrected chi connectivity index (χ3v) is 6.20. The van der Waals surface area contributed by atoms with E-state index in [-0.39, 0.29) is 0 Å². The van der Waals surface area contributed by atoms with E-state index in [1.54, 1.807) is 7.11 Å². The summed E-state index contributed by atoms with van der Waals surface area (Å²) in [4.78, 5) is 4.98. The van der Waals surface area contributed by atoms with Crippen molar-refractivity contribution in [3.63, 3.8) is 0 Å². The van der Waals surface area contributed by atoms with Gasteiger partial charge in [0, 0.05) is 37.4 Å². The molecule has 0 N–H and O–H groups in total. The lowest BCUT2D eigenvalue weighted by molar-refractivity contribution is 0.200. The number of anilines is 1. The molecule has 2 aromatic carbocycles. The highest BCUT2D eigenvalue weighted by molar-refractivity contribution is 5.57. The van der Waals surface area contributed by atoms with Crippen LogP contribution in [0.4, 0.5) is 5.69 Å². The van der Waals surface area contributed by atoms with Gasteiger partial charge in [0.25, 0.3) is 0 Å². The molecule has 0 amide bonds. The quantitative estimate of drug-likeness (QED) is 0.742. The number of benzene rings is 2. The molecule has 2 aliphatic rings. The van der Waals surface area contributed by atoms with Gasteiger partial charge in [-0.1, -0.05) is 30.3 Å². The van der Waals surface area contributed by atoms with E-state index in [1.807, 2.05) is 0 Å². The lowest BCUT2D eigenvalue weighted by atomic mass is 10.0. The van der Waals surface area contributed by atoms with Crippen molar-refractivity contribution in [1.82, 2.24) is 4.90 Å². The Balaban J connectivity index is 1.49. The number of ether oxygens (including phenoxy) is 2. The normalized spacial score (nSPS) is 21.1. The molecular weight excluding hydrogens is 348 g/mol. The van der Waals surface area contributed by atoms with Crippen LogP contribution in [0.15, 0.2) is 48.5 Å². The zero-order valence-electron chi connectivity index (χ0n) is 17.1. The predicted molar refractivity (Wildman–Crippen MR) is 115 cm³/mol. The Hall–Kier alpha value is -2.20. The van der Waals surface area contributed by atoms with Gasteiger partial charge in [-0.15, -0.1) is 0 Å². The summed E-state index contributed by atoms with van der Waals surface area (Å²) in [5.41, 5.74) is 2.64. The molecule has 0 aromatic heterocycles. The van der Waals surface area contributed by atoms with E-state index in [2.05, 4.69) is 65.4 Å². The minimum atomic E-state index is 0.336. The Bertz CT molecular complexity index is 758. The van der Waals surface area contributed by atoms with Crippen molar-refractivity contribution in [2.24, 2.45) is 0 Å². The van der Waals surface area contributed by atoms with Crippen LogP contribution in [0.2, 0.25) is 0 Å². The van der Waals surface area contributed by atoms with Gasteiger partial charge in [0.15, 0.2) is 11.5 Å². The van der Waals surface area contributed by atoms with Crippen molar-refractivity contribution < 1.29 is 9.47 Å². The average Bonchev–Trinajstić information content (AvgIpc) is 3.23. The fraction of sp³-hybridized carbons (Fsp3) is 0.500. The van der Waals surface area contributed by atoms with Crippen LogP contribution in [0.3, 0.4) is 0 Å². The second kappa shape index (κ2) is 8.87. The number of hydrogen-bond donors (Lipinski definition) is 0. The smallest absolute Gasteiger partial charge is 0.163 e. The van der Waals surface area contributed by atoms with E-state index in [0.717, 1.165) is 50.4 Å². The third-order valence-electron chi connectivity index (χ3n) is 6.20. The van der Waals surface area contributed by atoms with Crippen molar-refractivity contribution in [3.8, 4) is 11.5 Å². The molecule has 2 fully saturated rings. The topological polar surface area (TPSA) is 24.9 Å². The van der Waals surface area contributed by atoms with Gasteiger partial charge in [0.05, 0.1) is 13.2 Å². The first-order valence-electron chi connectivity index (χ1n) is 10.6. The molecule has 2 aromatic rings. The number of nitrogens with zero attached hydrogens (tertiary/aromatic N) is 2. The van der Waals surface area contributed by atoms with Gasteiger partial charge in [0.1, 0.15) is 0 Å². The Labute approximate surface area is 169 Å². The number of methoxy groups -OCH3 is 1. The van der Waals surface area contributed by atoms with Crippen molar-refractivity contribution in [1.29, 1.82) is 0 Å². The van der Waals surface area contributed by atoms with Gasteiger partial charge < -0.3 is 14.4 Å². The largest absolute Gasteiger partial charge is 0.493 e. The first kappa shape index (κ1) is 19.1. The number of likely N-dealkylation sites (N-methyl/N-ethyl adjacent to an activating group) is 1. The van der Waals surface area contributed by atoms with E-state index < -0.39 is 0 Å². The molecule has 1 saturated carbocycles. The summed E-state index contributed by atoms with van der Waals surface area (Å²) in [6.45, 7) is 3.14. The van der Waals surface area contributed by atoms with Gasteiger partial charge in [-0.25, -0.2) is 0 Å². The van der Waals surface area contributed by atoms with Crippen LogP contribution in [0, 0.1) is 0 Å².